The molecule has 0 saturated heterocycles. The zero-order valence-electron chi connectivity index (χ0n) is 13.7. The molecule has 5 nitrogen and oxygen atoms in total. The summed E-state index contributed by atoms with van der Waals surface area (Å²) in [7, 11) is 0. The summed E-state index contributed by atoms with van der Waals surface area (Å²) in [6, 6.07) is 13.6. The van der Waals surface area contributed by atoms with E-state index < -0.39 is 0 Å². The van der Waals surface area contributed by atoms with Crippen molar-refractivity contribution in [2.75, 3.05) is 5.75 Å². The van der Waals surface area contributed by atoms with Crippen LogP contribution < -0.4 is 0 Å². The average Bonchev–Trinajstić information content (AvgIpc) is 3.07. The number of thioether (sulfide) groups is 1. The molecule has 0 radical (unpaired) electrons. The number of aromatic nitrogens is 4. The molecule has 0 atom stereocenters. The van der Waals surface area contributed by atoms with Crippen molar-refractivity contribution < 1.29 is 9.18 Å². The van der Waals surface area contributed by atoms with Crippen LogP contribution in [-0.2, 0) is 0 Å². The molecule has 0 fully saturated rings. The molecule has 3 aromatic rings. The van der Waals surface area contributed by atoms with Crippen molar-refractivity contribution in [2.45, 2.75) is 24.9 Å². The smallest absolute Gasteiger partial charge is 0.214 e. The van der Waals surface area contributed by atoms with Gasteiger partial charge >= 0.3 is 0 Å². The SMILES string of the molecule is Cc1cccc(-n2nnnc2SCCCC(=O)c2ccc(F)cc2)c1. The minimum Gasteiger partial charge on any atom is -0.294 e. The number of nitrogens with zero attached hydrogens (tertiary/aromatic N) is 4. The molecule has 0 saturated carbocycles. The number of benzene rings is 2. The second-order valence-corrected chi connectivity index (χ2v) is 6.66. The lowest BCUT2D eigenvalue weighted by Gasteiger charge is -2.05. The number of carbonyl (C=O) groups excluding carboxylic acids is 1. The Morgan fingerprint density at radius 2 is 2.00 bits per heavy atom. The summed E-state index contributed by atoms with van der Waals surface area (Å²) in [6.45, 7) is 2.02. The van der Waals surface area contributed by atoms with Crippen LogP contribution in [0.4, 0.5) is 4.39 Å². The van der Waals surface area contributed by atoms with Crippen molar-refractivity contribution in [1.82, 2.24) is 20.2 Å². The third-order valence-electron chi connectivity index (χ3n) is 3.63. The average molecular weight is 356 g/mol. The molecular weight excluding hydrogens is 339 g/mol. The largest absolute Gasteiger partial charge is 0.294 e. The molecule has 0 N–H and O–H groups in total. The molecule has 0 amide bonds. The number of halogens is 1. The lowest BCUT2D eigenvalue weighted by atomic mass is 10.1. The van der Waals surface area contributed by atoms with Crippen LogP contribution in [0, 0.1) is 12.7 Å². The van der Waals surface area contributed by atoms with Crippen LogP contribution in [0.25, 0.3) is 5.69 Å². The van der Waals surface area contributed by atoms with Crippen molar-refractivity contribution >= 4 is 17.5 Å². The van der Waals surface area contributed by atoms with Gasteiger partial charge in [0.15, 0.2) is 5.78 Å². The van der Waals surface area contributed by atoms with Gasteiger partial charge in [0.2, 0.25) is 5.16 Å². The second kappa shape index (κ2) is 8.02. The minimum atomic E-state index is -0.338. The Bertz CT molecular complexity index is 864. The third-order valence-corrected chi connectivity index (χ3v) is 4.64. The van der Waals surface area contributed by atoms with E-state index in [-0.39, 0.29) is 11.6 Å². The van der Waals surface area contributed by atoms with Gasteiger partial charge in [0.1, 0.15) is 5.82 Å². The predicted octanol–water partition coefficient (Wildman–Crippen LogP) is 3.87. The van der Waals surface area contributed by atoms with Gasteiger partial charge in [0.25, 0.3) is 0 Å². The quantitative estimate of drug-likeness (QED) is 0.365. The highest BCUT2D eigenvalue weighted by Gasteiger charge is 2.10. The van der Waals surface area contributed by atoms with Gasteiger partial charge in [0.05, 0.1) is 5.69 Å². The molecule has 1 aromatic heterocycles. The van der Waals surface area contributed by atoms with Crippen LogP contribution in [0.15, 0.2) is 53.7 Å². The van der Waals surface area contributed by atoms with Crippen molar-refractivity contribution in [3.05, 3.63) is 65.5 Å². The fourth-order valence-corrected chi connectivity index (χ4v) is 3.20. The Balaban J connectivity index is 1.54. The topological polar surface area (TPSA) is 60.7 Å². The van der Waals surface area contributed by atoms with Crippen LogP contribution in [0.2, 0.25) is 0 Å². The van der Waals surface area contributed by atoms with Gasteiger partial charge in [-0.1, -0.05) is 23.9 Å². The molecule has 0 unspecified atom stereocenters. The molecule has 1 heterocycles. The molecule has 0 aliphatic rings. The highest BCUT2D eigenvalue weighted by Crippen LogP contribution is 2.20. The number of ketones is 1. The molecular formula is C18H17FN4OS. The Hall–Kier alpha value is -2.54. The maximum Gasteiger partial charge on any atom is 0.214 e. The number of carbonyl (C=O) groups is 1. The molecule has 0 bridgehead atoms. The van der Waals surface area contributed by atoms with E-state index in [0.717, 1.165) is 17.0 Å². The van der Waals surface area contributed by atoms with Gasteiger partial charge in [-0.3, -0.25) is 4.79 Å². The van der Waals surface area contributed by atoms with Crippen LogP contribution in [-0.4, -0.2) is 31.7 Å². The lowest BCUT2D eigenvalue weighted by molar-refractivity contribution is 0.0982. The normalized spacial score (nSPS) is 10.8. The van der Waals surface area contributed by atoms with Crippen LogP contribution in [0.5, 0.6) is 0 Å². The Morgan fingerprint density at radius 3 is 2.76 bits per heavy atom. The van der Waals surface area contributed by atoms with Gasteiger partial charge in [0, 0.05) is 17.7 Å². The number of rotatable bonds is 7. The fraction of sp³-hybridized carbons (Fsp3) is 0.222. The Kier molecular flexibility index (Phi) is 5.55. The van der Waals surface area contributed by atoms with Gasteiger partial charge in [-0.2, -0.15) is 4.68 Å². The van der Waals surface area contributed by atoms with Crippen molar-refractivity contribution in [1.29, 1.82) is 0 Å². The monoisotopic (exact) mass is 356 g/mol. The predicted molar refractivity (Wildman–Crippen MR) is 94.6 cm³/mol. The fourth-order valence-electron chi connectivity index (χ4n) is 2.37. The summed E-state index contributed by atoms with van der Waals surface area (Å²) in [4.78, 5) is 12.1. The van der Waals surface area contributed by atoms with E-state index in [1.165, 1.54) is 36.0 Å². The molecule has 25 heavy (non-hydrogen) atoms. The van der Waals surface area contributed by atoms with E-state index in [1.54, 1.807) is 4.68 Å². The van der Waals surface area contributed by atoms with E-state index in [0.29, 0.717) is 23.6 Å². The van der Waals surface area contributed by atoms with Crippen molar-refractivity contribution in [3.63, 3.8) is 0 Å². The zero-order valence-corrected chi connectivity index (χ0v) is 14.5. The van der Waals surface area contributed by atoms with E-state index in [4.69, 9.17) is 0 Å². The first-order valence-corrected chi connectivity index (χ1v) is 8.89. The summed E-state index contributed by atoms with van der Waals surface area (Å²) in [5.74, 6) is 0.396. The lowest BCUT2D eigenvalue weighted by Crippen LogP contribution is -2.01. The molecule has 0 aliphatic heterocycles. The highest BCUT2D eigenvalue weighted by atomic mass is 32.2. The maximum atomic E-state index is 12.9. The van der Waals surface area contributed by atoms with Gasteiger partial charge in [-0.15, -0.1) is 5.10 Å². The molecule has 2 aromatic carbocycles. The van der Waals surface area contributed by atoms with Crippen LogP contribution in [0.1, 0.15) is 28.8 Å². The summed E-state index contributed by atoms with van der Waals surface area (Å²) in [5.41, 5.74) is 2.58. The Morgan fingerprint density at radius 1 is 1.20 bits per heavy atom. The van der Waals surface area contributed by atoms with Gasteiger partial charge < -0.3 is 0 Å². The third kappa shape index (κ3) is 4.51. The zero-order chi connectivity index (χ0) is 17.6. The van der Waals surface area contributed by atoms with Gasteiger partial charge in [-0.05, 0) is 65.7 Å². The number of hydrogen-bond acceptors (Lipinski definition) is 5. The highest BCUT2D eigenvalue weighted by molar-refractivity contribution is 7.99. The minimum absolute atomic E-state index is 0.0128. The van der Waals surface area contributed by atoms with E-state index in [1.807, 2.05) is 31.2 Å². The standard InChI is InChI=1S/C18H17FN4OS/c1-13-4-2-5-16(12-13)23-18(20-21-22-23)25-11-3-6-17(24)14-7-9-15(19)10-8-14/h2,4-5,7-10,12H,3,6,11H2,1H3. The number of Topliss-reactive ketones (excluding diaryl/α,β-unsaturated/α-hetero) is 1. The summed E-state index contributed by atoms with van der Waals surface area (Å²) >= 11 is 1.51. The van der Waals surface area contributed by atoms with E-state index >= 15 is 0 Å². The maximum absolute atomic E-state index is 12.9. The van der Waals surface area contributed by atoms with Crippen molar-refractivity contribution in [2.24, 2.45) is 0 Å². The molecule has 3 rings (SSSR count). The summed E-state index contributed by atoms with van der Waals surface area (Å²) < 4.78 is 14.6. The number of aryl methyl sites for hydroxylation is 1. The molecule has 0 aliphatic carbocycles. The van der Waals surface area contributed by atoms with Crippen LogP contribution >= 0.6 is 11.8 Å². The van der Waals surface area contributed by atoms with E-state index in [2.05, 4.69) is 15.5 Å². The first-order valence-electron chi connectivity index (χ1n) is 7.90. The van der Waals surface area contributed by atoms with Crippen molar-refractivity contribution in [3.8, 4) is 5.69 Å². The number of hydrogen-bond donors (Lipinski definition) is 0. The summed E-state index contributed by atoms with van der Waals surface area (Å²) in [5, 5.41) is 12.5. The molecule has 128 valence electrons. The first-order chi connectivity index (χ1) is 12.1. The number of tetrazole rings is 1. The van der Waals surface area contributed by atoms with Crippen LogP contribution in [0.3, 0.4) is 0 Å². The Labute approximate surface area is 149 Å². The molecule has 0 spiro atoms. The van der Waals surface area contributed by atoms with Gasteiger partial charge in [-0.25, -0.2) is 4.39 Å². The van der Waals surface area contributed by atoms with E-state index in [9.17, 15) is 9.18 Å². The second-order valence-electron chi connectivity index (χ2n) is 5.59. The first kappa shape index (κ1) is 17.3. The summed E-state index contributed by atoms with van der Waals surface area (Å²) in [6.07, 6.45) is 1.10. The molecule has 7 heteroatoms.